The van der Waals surface area contributed by atoms with Crippen molar-refractivity contribution in [2.24, 2.45) is 17.8 Å². The molecule has 0 heterocycles. The topological polar surface area (TPSA) is 96.0 Å². The van der Waals surface area contributed by atoms with Crippen molar-refractivity contribution in [2.45, 2.75) is 30.6 Å². The van der Waals surface area contributed by atoms with Gasteiger partial charge < -0.3 is 5.73 Å². The van der Waals surface area contributed by atoms with Gasteiger partial charge in [0, 0.05) is 12.2 Å². The summed E-state index contributed by atoms with van der Waals surface area (Å²) in [5, 5.41) is 9.07. The minimum absolute atomic E-state index is 0.0161. The van der Waals surface area contributed by atoms with Crippen LogP contribution in [0.1, 0.15) is 31.2 Å². The number of fused-ring (bicyclic) bond motifs is 2. The normalized spacial score (nSPS) is 27.7. The molecule has 21 heavy (non-hydrogen) atoms. The molecule has 0 aliphatic heterocycles. The average Bonchev–Trinajstić information content (AvgIpc) is 3.07. The van der Waals surface area contributed by atoms with Crippen LogP contribution < -0.4 is 10.5 Å². The fraction of sp³-hybridized carbons (Fsp3) is 0.533. The summed E-state index contributed by atoms with van der Waals surface area (Å²) < 4.78 is 27.4. The highest BCUT2D eigenvalue weighted by atomic mass is 32.2. The quantitative estimate of drug-likeness (QED) is 0.830. The Balaban J connectivity index is 1.74. The second-order valence-electron chi connectivity index (χ2n) is 6.15. The summed E-state index contributed by atoms with van der Waals surface area (Å²) in [7, 11) is -3.65. The van der Waals surface area contributed by atoms with E-state index in [4.69, 9.17) is 11.0 Å². The van der Waals surface area contributed by atoms with Crippen molar-refractivity contribution in [3.05, 3.63) is 23.8 Å². The molecule has 112 valence electrons. The van der Waals surface area contributed by atoms with Gasteiger partial charge in [-0.25, -0.2) is 13.1 Å². The number of nitrogens with zero attached hydrogens (tertiary/aromatic N) is 1. The van der Waals surface area contributed by atoms with Crippen LogP contribution in [0, 0.1) is 29.1 Å². The summed E-state index contributed by atoms with van der Waals surface area (Å²) in [5.41, 5.74) is 6.08. The highest BCUT2D eigenvalue weighted by Crippen LogP contribution is 2.48. The molecule has 3 atom stereocenters. The predicted molar refractivity (Wildman–Crippen MR) is 79.7 cm³/mol. The third-order valence-electron chi connectivity index (χ3n) is 4.83. The Labute approximate surface area is 125 Å². The molecule has 3 unspecified atom stereocenters. The number of sulfonamides is 1. The van der Waals surface area contributed by atoms with E-state index >= 15 is 0 Å². The zero-order valence-corrected chi connectivity index (χ0v) is 12.6. The van der Waals surface area contributed by atoms with E-state index in [2.05, 4.69) is 4.72 Å². The van der Waals surface area contributed by atoms with Gasteiger partial charge in [0.15, 0.2) is 0 Å². The van der Waals surface area contributed by atoms with Crippen LogP contribution >= 0.6 is 0 Å². The molecule has 2 aliphatic carbocycles. The van der Waals surface area contributed by atoms with Crippen molar-refractivity contribution in [3.8, 4) is 6.07 Å². The molecule has 5 nitrogen and oxygen atoms in total. The van der Waals surface area contributed by atoms with Gasteiger partial charge >= 0.3 is 0 Å². The van der Waals surface area contributed by atoms with Crippen molar-refractivity contribution in [2.75, 3.05) is 12.3 Å². The van der Waals surface area contributed by atoms with Crippen LogP contribution in [-0.4, -0.2) is 15.0 Å². The Morgan fingerprint density at radius 3 is 2.76 bits per heavy atom. The standard InChI is InChI=1S/C15H19N3O2S/c16-8-12-7-14(17)3-4-15(12)21(19,20)18-9-13-6-10-1-2-11(13)5-10/h3-4,7,10-11,13,18H,1-2,5-6,9,17H2. The fourth-order valence-corrected chi connectivity index (χ4v) is 5.02. The molecule has 2 fully saturated rings. The molecule has 0 saturated heterocycles. The highest BCUT2D eigenvalue weighted by molar-refractivity contribution is 7.89. The Hall–Kier alpha value is -1.58. The second-order valence-corrected chi connectivity index (χ2v) is 7.89. The van der Waals surface area contributed by atoms with Gasteiger partial charge in [-0.05, 0) is 55.2 Å². The molecule has 0 spiro atoms. The first kappa shape index (κ1) is 14.4. The van der Waals surface area contributed by atoms with E-state index in [9.17, 15) is 8.42 Å². The summed E-state index contributed by atoms with van der Waals surface area (Å²) in [6, 6.07) is 6.20. The van der Waals surface area contributed by atoms with Crippen molar-refractivity contribution in [1.29, 1.82) is 5.26 Å². The van der Waals surface area contributed by atoms with Crippen molar-refractivity contribution < 1.29 is 8.42 Å². The molecule has 3 N–H and O–H groups in total. The summed E-state index contributed by atoms with van der Waals surface area (Å²) in [4.78, 5) is 0.0161. The van der Waals surface area contributed by atoms with Crippen LogP contribution in [0.4, 0.5) is 5.69 Å². The predicted octanol–water partition coefficient (Wildman–Crippen LogP) is 1.85. The van der Waals surface area contributed by atoms with Gasteiger partial charge in [-0.3, -0.25) is 0 Å². The maximum Gasteiger partial charge on any atom is 0.241 e. The number of hydrogen-bond acceptors (Lipinski definition) is 4. The number of nitrogens with two attached hydrogens (primary N) is 1. The zero-order valence-electron chi connectivity index (χ0n) is 11.7. The van der Waals surface area contributed by atoms with Gasteiger partial charge in [0.25, 0.3) is 0 Å². The van der Waals surface area contributed by atoms with E-state index < -0.39 is 10.0 Å². The first-order chi connectivity index (χ1) is 9.99. The van der Waals surface area contributed by atoms with Crippen LogP contribution in [0.15, 0.2) is 23.1 Å². The van der Waals surface area contributed by atoms with Gasteiger partial charge in [0.1, 0.15) is 6.07 Å². The Bertz CT molecular complexity index is 693. The number of rotatable bonds is 4. The first-order valence-electron chi connectivity index (χ1n) is 7.29. The number of nitrogens with one attached hydrogen (secondary N) is 1. The molecule has 1 aromatic rings. The van der Waals surface area contributed by atoms with Crippen molar-refractivity contribution in [3.63, 3.8) is 0 Å². The molecule has 0 radical (unpaired) electrons. The van der Waals surface area contributed by atoms with Gasteiger partial charge in [0.05, 0.1) is 10.5 Å². The minimum atomic E-state index is -3.65. The van der Waals surface area contributed by atoms with Crippen molar-refractivity contribution >= 4 is 15.7 Å². The number of benzene rings is 1. The number of hydrogen-bond donors (Lipinski definition) is 2. The molecule has 0 amide bonds. The fourth-order valence-electron chi connectivity index (χ4n) is 3.79. The van der Waals surface area contributed by atoms with Crippen LogP contribution in [-0.2, 0) is 10.0 Å². The number of nitrogen functional groups attached to an aromatic ring is 1. The molecule has 3 rings (SSSR count). The first-order valence-corrected chi connectivity index (χ1v) is 8.77. The van der Waals surface area contributed by atoms with Crippen LogP contribution in [0.5, 0.6) is 0 Å². The molecule has 6 heteroatoms. The molecule has 0 aromatic heterocycles. The van der Waals surface area contributed by atoms with Crippen LogP contribution in [0.2, 0.25) is 0 Å². The van der Waals surface area contributed by atoms with E-state index in [0.717, 1.165) is 12.3 Å². The van der Waals surface area contributed by atoms with Gasteiger partial charge in [-0.1, -0.05) is 6.42 Å². The van der Waals surface area contributed by atoms with E-state index in [-0.39, 0.29) is 10.5 Å². The Kier molecular flexibility index (Phi) is 3.64. The lowest BCUT2D eigenvalue weighted by atomic mass is 9.89. The summed E-state index contributed by atoms with van der Waals surface area (Å²) in [5.74, 6) is 1.90. The van der Waals surface area contributed by atoms with E-state index in [1.54, 1.807) is 0 Å². The van der Waals surface area contributed by atoms with Crippen molar-refractivity contribution in [1.82, 2.24) is 4.72 Å². The average molecular weight is 305 g/mol. The lowest BCUT2D eigenvalue weighted by molar-refractivity contribution is 0.333. The van der Waals surface area contributed by atoms with E-state index in [1.165, 1.54) is 37.5 Å². The Morgan fingerprint density at radius 2 is 2.14 bits per heavy atom. The molecule has 1 aromatic carbocycles. The largest absolute Gasteiger partial charge is 0.399 e. The molecular weight excluding hydrogens is 286 g/mol. The molecular formula is C15H19N3O2S. The van der Waals surface area contributed by atoms with E-state index in [1.807, 2.05) is 6.07 Å². The second kappa shape index (κ2) is 5.32. The maximum absolute atomic E-state index is 12.4. The minimum Gasteiger partial charge on any atom is -0.399 e. The zero-order chi connectivity index (χ0) is 15.0. The lowest BCUT2D eigenvalue weighted by Crippen LogP contribution is -2.32. The smallest absolute Gasteiger partial charge is 0.241 e. The molecule has 2 bridgehead atoms. The third kappa shape index (κ3) is 2.76. The molecule has 2 aliphatic rings. The molecule has 2 saturated carbocycles. The van der Waals surface area contributed by atoms with Crippen LogP contribution in [0.25, 0.3) is 0 Å². The van der Waals surface area contributed by atoms with E-state index in [0.29, 0.717) is 24.1 Å². The van der Waals surface area contributed by atoms with Gasteiger partial charge in [-0.2, -0.15) is 5.26 Å². The van der Waals surface area contributed by atoms with Gasteiger partial charge in [0.2, 0.25) is 10.0 Å². The maximum atomic E-state index is 12.4. The number of nitriles is 1. The summed E-state index contributed by atoms with van der Waals surface area (Å²) in [6.07, 6.45) is 4.89. The monoisotopic (exact) mass is 305 g/mol. The Morgan fingerprint density at radius 1 is 1.33 bits per heavy atom. The van der Waals surface area contributed by atoms with Crippen LogP contribution in [0.3, 0.4) is 0 Å². The lowest BCUT2D eigenvalue weighted by Gasteiger charge is -2.21. The SMILES string of the molecule is N#Cc1cc(N)ccc1S(=O)(=O)NCC1CC2CCC1C2. The summed E-state index contributed by atoms with van der Waals surface area (Å²) >= 11 is 0. The third-order valence-corrected chi connectivity index (χ3v) is 6.32. The summed E-state index contributed by atoms with van der Waals surface area (Å²) in [6.45, 7) is 0.471. The number of anilines is 1. The van der Waals surface area contributed by atoms with Gasteiger partial charge in [-0.15, -0.1) is 0 Å². The highest BCUT2D eigenvalue weighted by Gasteiger charge is 2.39.